The average molecular weight is 490 g/mol. The molecule has 1 aliphatic rings. The van der Waals surface area contributed by atoms with Gasteiger partial charge in [-0.25, -0.2) is 9.18 Å². The standard InChI is InChI=1S/C27H40FN3O4/c1-19(2)31(22-10-9-13-29(18-22)26(33)35-27(3,4)5)25(32)24-16-20-11-12-21(28)17-23(20)30(24)14-7-8-15-34-6/h11-12,16-17,19,22H,7-10,13-15,18H2,1-6H3/t22-/m1/s1. The molecule has 0 unspecified atom stereocenters. The van der Waals surface area contributed by atoms with E-state index >= 15 is 0 Å². The Morgan fingerprint density at radius 2 is 1.94 bits per heavy atom. The molecule has 1 atom stereocenters. The van der Waals surface area contributed by atoms with Gasteiger partial charge in [0.15, 0.2) is 0 Å². The molecule has 0 bridgehead atoms. The maximum absolute atomic E-state index is 14.1. The molecule has 35 heavy (non-hydrogen) atoms. The lowest BCUT2D eigenvalue weighted by molar-refractivity contribution is 0.00733. The number of halogens is 1. The lowest BCUT2D eigenvalue weighted by atomic mass is 10.0. The van der Waals surface area contributed by atoms with Crippen LogP contribution in [0.2, 0.25) is 0 Å². The number of likely N-dealkylation sites (tertiary alicyclic amines) is 1. The number of methoxy groups -OCH3 is 1. The molecule has 2 amide bonds. The maximum atomic E-state index is 14.1. The van der Waals surface area contributed by atoms with Crippen molar-refractivity contribution >= 4 is 22.9 Å². The van der Waals surface area contributed by atoms with E-state index in [0.717, 1.165) is 31.1 Å². The van der Waals surface area contributed by atoms with Crippen LogP contribution in [0.1, 0.15) is 70.8 Å². The summed E-state index contributed by atoms with van der Waals surface area (Å²) in [6, 6.07) is 6.30. The van der Waals surface area contributed by atoms with E-state index < -0.39 is 5.60 Å². The summed E-state index contributed by atoms with van der Waals surface area (Å²) < 4.78 is 26.8. The highest BCUT2D eigenvalue weighted by Crippen LogP contribution is 2.27. The molecule has 0 radical (unpaired) electrons. The number of hydrogen-bond donors (Lipinski definition) is 0. The van der Waals surface area contributed by atoms with E-state index in [1.54, 1.807) is 18.1 Å². The van der Waals surface area contributed by atoms with E-state index in [0.29, 0.717) is 37.5 Å². The predicted octanol–water partition coefficient (Wildman–Crippen LogP) is 5.46. The van der Waals surface area contributed by atoms with Crippen molar-refractivity contribution in [3.05, 3.63) is 35.8 Å². The summed E-state index contributed by atoms with van der Waals surface area (Å²) in [6.45, 7) is 11.8. The number of aromatic nitrogens is 1. The number of unbranched alkanes of at least 4 members (excludes halogenated alkanes) is 1. The van der Waals surface area contributed by atoms with Crippen LogP contribution in [0.5, 0.6) is 0 Å². The van der Waals surface area contributed by atoms with Gasteiger partial charge in [0.25, 0.3) is 5.91 Å². The Bertz CT molecular complexity index is 1030. The first-order chi connectivity index (χ1) is 16.5. The molecular weight excluding hydrogens is 449 g/mol. The third-order valence-electron chi connectivity index (χ3n) is 6.30. The Hall–Kier alpha value is -2.61. The number of aryl methyl sites for hydroxylation is 1. The van der Waals surface area contributed by atoms with Gasteiger partial charge < -0.3 is 23.8 Å². The van der Waals surface area contributed by atoms with Crippen LogP contribution in [0.4, 0.5) is 9.18 Å². The van der Waals surface area contributed by atoms with E-state index in [-0.39, 0.29) is 29.9 Å². The van der Waals surface area contributed by atoms with Crippen molar-refractivity contribution in [1.82, 2.24) is 14.4 Å². The Morgan fingerprint density at radius 1 is 1.20 bits per heavy atom. The first kappa shape index (κ1) is 27.0. The van der Waals surface area contributed by atoms with Gasteiger partial charge in [-0.05, 0) is 84.6 Å². The first-order valence-electron chi connectivity index (χ1n) is 12.6. The number of benzene rings is 1. The summed E-state index contributed by atoms with van der Waals surface area (Å²) in [5, 5.41) is 0.837. The predicted molar refractivity (Wildman–Crippen MR) is 135 cm³/mol. The Balaban J connectivity index is 1.89. The van der Waals surface area contributed by atoms with Crippen LogP contribution in [0.25, 0.3) is 10.9 Å². The second-order valence-corrected chi connectivity index (χ2v) is 10.6. The smallest absolute Gasteiger partial charge is 0.410 e. The number of carbonyl (C=O) groups is 2. The number of fused-ring (bicyclic) bond motifs is 1. The second kappa shape index (κ2) is 11.4. The zero-order valence-electron chi connectivity index (χ0n) is 22.0. The van der Waals surface area contributed by atoms with Crippen molar-refractivity contribution in [1.29, 1.82) is 0 Å². The average Bonchev–Trinajstić information content (AvgIpc) is 3.13. The van der Waals surface area contributed by atoms with Gasteiger partial charge in [-0.2, -0.15) is 0 Å². The Kier molecular flexibility index (Phi) is 8.80. The molecule has 0 saturated carbocycles. The molecule has 0 aliphatic carbocycles. The van der Waals surface area contributed by atoms with Crippen molar-refractivity contribution in [2.45, 2.75) is 84.5 Å². The number of amides is 2. The van der Waals surface area contributed by atoms with E-state index in [1.165, 1.54) is 12.1 Å². The normalized spacial score (nSPS) is 16.7. The van der Waals surface area contributed by atoms with Crippen molar-refractivity contribution in [2.75, 3.05) is 26.8 Å². The van der Waals surface area contributed by atoms with Crippen LogP contribution in [0.3, 0.4) is 0 Å². The van der Waals surface area contributed by atoms with Crippen molar-refractivity contribution in [3.63, 3.8) is 0 Å². The lowest BCUT2D eigenvalue weighted by Crippen LogP contribution is -2.54. The molecule has 0 N–H and O–H groups in total. The minimum Gasteiger partial charge on any atom is -0.444 e. The maximum Gasteiger partial charge on any atom is 0.410 e. The van der Waals surface area contributed by atoms with Gasteiger partial charge in [-0.15, -0.1) is 0 Å². The molecule has 2 heterocycles. The molecule has 0 spiro atoms. The summed E-state index contributed by atoms with van der Waals surface area (Å²) >= 11 is 0. The highest BCUT2D eigenvalue weighted by atomic mass is 19.1. The van der Waals surface area contributed by atoms with Crippen molar-refractivity contribution < 1.29 is 23.5 Å². The third kappa shape index (κ3) is 6.75. The fraction of sp³-hybridized carbons (Fsp3) is 0.630. The number of piperidine rings is 1. The molecule has 194 valence electrons. The fourth-order valence-electron chi connectivity index (χ4n) is 4.79. The van der Waals surface area contributed by atoms with E-state index in [2.05, 4.69) is 0 Å². The third-order valence-corrected chi connectivity index (χ3v) is 6.30. The molecule has 1 saturated heterocycles. The van der Waals surface area contributed by atoms with Crippen LogP contribution in [0.15, 0.2) is 24.3 Å². The molecule has 2 aromatic rings. The quantitative estimate of drug-likeness (QED) is 0.462. The zero-order chi connectivity index (χ0) is 25.8. The number of hydrogen-bond acceptors (Lipinski definition) is 4. The van der Waals surface area contributed by atoms with Gasteiger partial charge >= 0.3 is 6.09 Å². The van der Waals surface area contributed by atoms with E-state index in [9.17, 15) is 14.0 Å². The van der Waals surface area contributed by atoms with Gasteiger partial charge in [0.05, 0.1) is 11.6 Å². The van der Waals surface area contributed by atoms with Gasteiger partial charge in [0.2, 0.25) is 0 Å². The molecule has 7 nitrogen and oxygen atoms in total. The minimum atomic E-state index is -0.573. The Morgan fingerprint density at radius 3 is 2.60 bits per heavy atom. The molecule has 3 rings (SSSR count). The Labute approximate surface area is 208 Å². The molecule has 1 aliphatic heterocycles. The summed E-state index contributed by atoms with van der Waals surface area (Å²) in [6.07, 6.45) is 2.92. The lowest BCUT2D eigenvalue weighted by Gasteiger charge is -2.41. The summed E-state index contributed by atoms with van der Waals surface area (Å²) in [4.78, 5) is 30.3. The molecule has 8 heteroatoms. The first-order valence-corrected chi connectivity index (χ1v) is 12.6. The largest absolute Gasteiger partial charge is 0.444 e. The number of rotatable bonds is 8. The minimum absolute atomic E-state index is 0.0669. The molecule has 1 aromatic carbocycles. The summed E-state index contributed by atoms with van der Waals surface area (Å²) in [5.41, 5.74) is 0.691. The van der Waals surface area contributed by atoms with Crippen LogP contribution in [0, 0.1) is 5.82 Å². The van der Waals surface area contributed by atoms with Gasteiger partial charge in [0.1, 0.15) is 17.1 Å². The highest BCUT2D eigenvalue weighted by molar-refractivity contribution is 5.99. The molecule has 1 fully saturated rings. The topological polar surface area (TPSA) is 64.0 Å². The van der Waals surface area contributed by atoms with Gasteiger partial charge in [-0.3, -0.25) is 4.79 Å². The van der Waals surface area contributed by atoms with Gasteiger partial charge in [-0.1, -0.05) is 0 Å². The SMILES string of the molecule is COCCCCn1c(C(=O)N(C(C)C)[C@@H]2CCCN(C(=O)OC(C)(C)C)C2)cc2ccc(F)cc21. The van der Waals surface area contributed by atoms with Gasteiger partial charge in [0, 0.05) is 44.8 Å². The molecular formula is C27H40FN3O4. The number of nitrogens with zero attached hydrogens (tertiary/aromatic N) is 3. The number of ether oxygens (including phenoxy) is 2. The number of carbonyl (C=O) groups excluding carboxylic acids is 2. The monoisotopic (exact) mass is 489 g/mol. The summed E-state index contributed by atoms with van der Waals surface area (Å²) in [7, 11) is 1.67. The second-order valence-electron chi connectivity index (χ2n) is 10.6. The van der Waals surface area contributed by atoms with Crippen molar-refractivity contribution in [3.8, 4) is 0 Å². The van der Waals surface area contributed by atoms with Crippen LogP contribution < -0.4 is 0 Å². The molecule has 1 aromatic heterocycles. The van der Waals surface area contributed by atoms with Crippen LogP contribution >= 0.6 is 0 Å². The van der Waals surface area contributed by atoms with Crippen LogP contribution in [-0.2, 0) is 16.0 Å². The van der Waals surface area contributed by atoms with E-state index in [4.69, 9.17) is 9.47 Å². The van der Waals surface area contributed by atoms with Crippen molar-refractivity contribution in [2.24, 2.45) is 0 Å². The zero-order valence-corrected chi connectivity index (χ0v) is 22.0. The van der Waals surface area contributed by atoms with E-state index in [1.807, 2.05) is 50.2 Å². The van der Waals surface area contributed by atoms with Crippen LogP contribution in [-0.4, -0.2) is 70.9 Å². The summed E-state index contributed by atoms with van der Waals surface area (Å²) in [5.74, 6) is -0.423. The highest BCUT2D eigenvalue weighted by Gasteiger charge is 2.35. The fourth-order valence-corrected chi connectivity index (χ4v) is 4.79.